The van der Waals surface area contributed by atoms with Crippen LogP contribution in [0.2, 0.25) is 0 Å². The Morgan fingerprint density at radius 3 is 2.48 bits per heavy atom. The highest BCUT2D eigenvalue weighted by Gasteiger charge is 2.60. The van der Waals surface area contributed by atoms with E-state index in [0.29, 0.717) is 11.8 Å². The van der Waals surface area contributed by atoms with Crippen molar-refractivity contribution in [2.45, 2.75) is 25.3 Å². The lowest BCUT2D eigenvalue weighted by atomic mass is 9.74. The minimum atomic E-state index is 0.0190. The number of anilines is 1. The van der Waals surface area contributed by atoms with Crippen LogP contribution in [0.25, 0.3) is 0 Å². The van der Waals surface area contributed by atoms with Crippen molar-refractivity contribution in [2.24, 2.45) is 11.8 Å². The number of amides is 1. The number of aryl methyl sites for hydroxylation is 1. The molecule has 1 aromatic rings. The molecule has 3 fully saturated rings. The molecule has 4 heteroatoms. The second-order valence-corrected chi connectivity index (χ2v) is 7.76. The molecule has 23 heavy (non-hydrogen) atoms. The summed E-state index contributed by atoms with van der Waals surface area (Å²) in [4.78, 5) is 19.9. The fraction of sp³-hybridized carbons (Fsp3) is 0.632. The zero-order valence-electron chi connectivity index (χ0n) is 14.5. The van der Waals surface area contributed by atoms with E-state index in [1.165, 1.54) is 11.3 Å². The van der Waals surface area contributed by atoms with E-state index in [2.05, 4.69) is 48.0 Å². The molecule has 0 radical (unpaired) electrons. The fourth-order valence-electron chi connectivity index (χ4n) is 5.19. The minimum absolute atomic E-state index is 0.0190. The molecule has 4 rings (SSSR count). The molecule has 1 spiro atoms. The Bertz CT molecular complexity index is 621. The summed E-state index contributed by atoms with van der Waals surface area (Å²) in [7, 11) is 4.17. The van der Waals surface area contributed by atoms with Crippen LogP contribution in [-0.2, 0) is 4.79 Å². The maximum Gasteiger partial charge on any atom is 0.228 e. The highest BCUT2D eigenvalue weighted by atomic mass is 16.2. The number of carbonyl (C=O) groups excluding carboxylic acids is 1. The Hall–Kier alpha value is -1.55. The van der Waals surface area contributed by atoms with E-state index in [9.17, 15) is 4.79 Å². The third-order valence-corrected chi connectivity index (χ3v) is 6.41. The van der Waals surface area contributed by atoms with Gasteiger partial charge in [-0.1, -0.05) is 18.2 Å². The van der Waals surface area contributed by atoms with Crippen LogP contribution >= 0.6 is 0 Å². The number of para-hydroxylation sites is 1. The summed E-state index contributed by atoms with van der Waals surface area (Å²) < 4.78 is 0. The molecule has 3 aliphatic rings. The quantitative estimate of drug-likeness (QED) is 0.793. The minimum Gasteiger partial charge on any atom is -0.364 e. The van der Waals surface area contributed by atoms with Gasteiger partial charge in [-0.2, -0.15) is 0 Å². The summed E-state index contributed by atoms with van der Waals surface area (Å²) in [6.07, 6.45) is 2.19. The predicted octanol–water partition coefficient (Wildman–Crippen LogP) is 1.98. The van der Waals surface area contributed by atoms with Crippen molar-refractivity contribution in [1.29, 1.82) is 0 Å². The summed E-state index contributed by atoms with van der Waals surface area (Å²) in [5.41, 5.74) is 2.68. The third kappa shape index (κ3) is 2.11. The van der Waals surface area contributed by atoms with Gasteiger partial charge in [0, 0.05) is 44.8 Å². The van der Waals surface area contributed by atoms with E-state index in [4.69, 9.17) is 0 Å². The summed E-state index contributed by atoms with van der Waals surface area (Å²) in [5, 5.41) is 0. The molecule has 0 aromatic heterocycles. The highest BCUT2D eigenvalue weighted by molar-refractivity contribution is 5.85. The van der Waals surface area contributed by atoms with Gasteiger partial charge < -0.3 is 14.7 Å². The smallest absolute Gasteiger partial charge is 0.228 e. The molecule has 3 aliphatic heterocycles. The van der Waals surface area contributed by atoms with Gasteiger partial charge in [0.1, 0.15) is 0 Å². The fourth-order valence-corrected chi connectivity index (χ4v) is 5.19. The first-order valence-electron chi connectivity index (χ1n) is 8.80. The van der Waals surface area contributed by atoms with Gasteiger partial charge in [-0.3, -0.25) is 4.79 Å². The molecule has 124 valence electrons. The largest absolute Gasteiger partial charge is 0.364 e. The number of fused-ring (bicyclic) bond motifs is 2. The van der Waals surface area contributed by atoms with Crippen molar-refractivity contribution in [3.05, 3.63) is 29.8 Å². The molecule has 0 bridgehead atoms. The molecule has 2 atom stereocenters. The van der Waals surface area contributed by atoms with E-state index < -0.39 is 0 Å². The van der Waals surface area contributed by atoms with Crippen molar-refractivity contribution in [2.75, 3.05) is 45.2 Å². The Morgan fingerprint density at radius 1 is 1.09 bits per heavy atom. The standard InChI is InChI=1S/C19H27N3O/c1-14-6-4-5-7-16(14)22-13-15-12-21(3)18(23)17(15)19(22)8-10-20(2)11-9-19/h4-7,15,17H,8-13H2,1-3H3. The van der Waals surface area contributed by atoms with Gasteiger partial charge >= 0.3 is 0 Å². The van der Waals surface area contributed by atoms with Gasteiger partial charge in [0.25, 0.3) is 0 Å². The lowest BCUT2D eigenvalue weighted by molar-refractivity contribution is -0.132. The Kier molecular flexibility index (Phi) is 3.41. The second kappa shape index (κ2) is 5.23. The van der Waals surface area contributed by atoms with E-state index in [1.54, 1.807) is 0 Å². The Labute approximate surface area is 139 Å². The number of piperidine rings is 1. The molecule has 1 aromatic carbocycles. The van der Waals surface area contributed by atoms with Crippen LogP contribution in [0.4, 0.5) is 5.69 Å². The van der Waals surface area contributed by atoms with Crippen LogP contribution < -0.4 is 4.90 Å². The third-order valence-electron chi connectivity index (χ3n) is 6.41. The molecular weight excluding hydrogens is 286 g/mol. The van der Waals surface area contributed by atoms with Crippen LogP contribution in [0.3, 0.4) is 0 Å². The zero-order valence-corrected chi connectivity index (χ0v) is 14.5. The first-order chi connectivity index (χ1) is 11.0. The molecule has 0 saturated carbocycles. The molecule has 2 unspecified atom stereocenters. The average Bonchev–Trinajstić information content (AvgIpc) is 2.99. The molecular formula is C19H27N3O. The zero-order chi connectivity index (χ0) is 16.2. The highest BCUT2D eigenvalue weighted by Crippen LogP contribution is 2.51. The lowest BCUT2D eigenvalue weighted by Crippen LogP contribution is -2.57. The number of benzene rings is 1. The molecule has 0 N–H and O–H groups in total. The normalized spacial score (nSPS) is 30.3. The molecule has 4 nitrogen and oxygen atoms in total. The maximum absolute atomic E-state index is 12.9. The summed E-state index contributed by atoms with van der Waals surface area (Å²) in [6.45, 7) is 6.31. The van der Waals surface area contributed by atoms with Crippen LogP contribution in [0.1, 0.15) is 18.4 Å². The van der Waals surface area contributed by atoms with Gasteiger partial charge in [0.05, 0.1) is 11.5 Å². The monoisotopic (exact) mass is 313 g/mol. The van der Waals surface area contributed by atoms with Gasteiger partial charge in [-0.25, -0.2) is 0 Å². The number of carbonyl (C=O) groups is 1. The van der Waals surface area contributed by atoms with Gasteiger partial charge in [-0.05, 0) is 38.4 Å². The summed E-state index contributed by atoms with van der Waals surface area (Å²) in [6, 6.07) is 8.67. The number of nitrogens with zero attached hydrogens (tertiary/aromatic N) is 3. The number of hydrogen-bond acceptors (Lipinski definition) is 3. The first kappa shape index (κ1) is 15.0. The van der Waals surface area contributed by atoms with Crippen molar-refractivity contribution in [1.82, 2.24) is 9.80 Å². The van der Waals surface area contributed by atoms with Crippen LogP contribution in [0, 0.1) is 18.8 Å². The van der Waals surface area contributed by atoms with Crippen molar-refractivity contribution in [3.8, 4) is 0 Å². The van der Waals surface area contributed by atoms with Crippen molar-refractivity contribution in [3.63, 3.8) is 0 Å². The van der Waals surface area contributed by atoms with Crippen molar-refractivity contribution < 1.29 is 4.79 Å². The maximum atomic E-state index is 12.9. The first-order valence-corrected chi connectivity index (χ1v) is 8.80. The molecule has 1 amide bonds. The van der Waals surface area contributed by atoms with E-state index in [0.717, 1.165) is 39.0 Å². The van der Waals surface area contributed by atoms with Crippen LogP contribution in [-0.4, -0.2) is 61.5 Å². The SMILES string of the molecule is Cc1ccccc1N1CC2CN(C)C(=O)C2C12CCN(C)CC2. The van der Waals surface area contributed by atoms with E-state index >= 15 is 0 Å². The number of likely N-dealkylation sites (tertiary alicyclic amines) is 2. The van der Waals surface area contributed by atoms with Crippen molar-refractivity contribution >= 4 is 11.6 Å². The Balaban J connectivity index is 1.78. The lowest BCUT2D eigenvalue weighted by Gasteiger charge is -2.48. The molecule has 0 aliphatic carbocycles. The van der Waals surface area contributed by atoms with Gasteiger partial charge in [-0.15, -0.1) is 0 Å². The van der Waals surface area contributed by atoms with Crippen LogP contribution in [0.5, 0.6) is 0 Å². The van der Waals surface area contributed by atoms with Gasteiger partial charge in [0.2, 0.25) is 5.91 Å². The topological polar surface area (TPSA) is 26.8 Å². The van der Waals surface area contributed by atoms with Crippen LogP contribution in [0.15, 0.2) is 24.3 Å². The Morgan fingerprint density at radius 2 is 1.78 bits per heavy atom. The number of rotatable bonds is 1. The predicted molar refractivity (Wildman–Crippen MR) is 92.6 cm³/mol. The van der Waals surface area contributed by atoms with Gasteiger partial charge in [0.15, 0.2) is 0 Å². The summed E-state index contributed by atoms with van der Waals surface area (Å²) >= 11 is 0. The average molecular weight is 313 g/mol. The molecule has 3 heterocycles. The second-order valence-electron chi connectivity index (χ2n) is 7.76. The van der Waals surface area contributed by atoms with E-state index in [-0.39, 0.29) is 11.5 Å². The number of hydrogen-bond donors (Lipinski definition) is 0. The summed E-state index contributed by atoms with van der Waals surface area (Å²) in [5.74, 6) is 1.03. The molecule has 3 saturated heterocycles. The van der Waals surface area contributed by atoms with E-state index in [1.807, 2.05) is 11.9 Å².